The summed E-state index contributed by atoms with van der Waals surface area (Å²) in [6.07, 6.45) is 0.857. The molecule has 2 N–H and O–H groups in total. The van der Waals surface area contributed by atoms with Crippen molar-refractivity contribution in [1.82, 2.24) is 14.4 Å². The largest absolute Gasteiger partial charge is 0.595 e. The third kappa shape index (κ3) is 3.56. The second-order valence-corrected chi connectivity index (χ2v) is 9.71. The molecule has 0 saturated carbocycles. The van der Waals surface area contributed by atoms with Crippen molar-refractivity contribution in [2.45, 2.75) is 45.3 Å². The first kappa shape index (κ1) is 21.8. The molecule has 174 valence electrons. The Morgan fingerprint density at radius 1 is 1.12 bits per heavy atom. The van der Waals surface area contributed by atoms with Crippen molar-refractivity contribution in [1.29, 1.82) is 0 Å². The van der Waals surface area contributed by atoms with Crippen LogP contribution < -0.4 is 10.8 Å². The Bertz CT molecular complexity index is 1170. The van der Waals surface area contributed by atoms with Crippen molar-refractivity contribution in [3.63, 3.8) is 0 Å². The molecule has 3 aliphatic rings. The minimum Gasteiger partial charge on any atom is -0.595 e. The number of nitrogens with zero attached hydrogens (tertiary/aromatic N) is 3. The van der Waals surface area contributed by atoms with E-state index in [1.807, 2.05) is 43.0 Å². The molecule has 2 bridgehead atoms. The zero-order chi connectivity index (χ0) is 23.4. The maximum absolute atomic E-state index is 13.8. The van der Waals surface area contributed by atoms with Gasteiger partial charge >= 0.3 is 5.56 Å². The van der Waals surface area contributed by atoms with Gasteiger partial charge < -0.3 is 19.6 Å². The number of nitrogens with one attached hydrogen (secondary N) is 1. The highest BCUT2D eigenvalue weighted by molar-refractivity contribution is 6.01. The molecule has 1 aromatic carbocycles. The third-order valence-corrected chi connectivity index (χ3v) is 7.22. The summed E-state index contributed by atoms with van der Waals surface area (Å²) in [4.78, 5) is 43.1. The Morgan fingerprint density at radius 2 is 1.88 bits per heavy atom. The van der Waals surface area contributed by atoms with Crippen LogP contribution in [-0.4, -0.2) is 50.5 Å². The lowest BCUT2D eigenvalue weighted by molar-refractivity contribution is -0.992. The van der Waals surface area contributed by atoms with Gasteiger partial charge in [0.15, 0.2) is 0 Å². The van der Waals surface area contributed by atoms with Crippen molar-refractivity contribution in [3.05, 3.63) is 68.8 Å². The zero-order valence-electron chi connectivity index (χ0n) is 18.7. The summed E-state index contributed by atoms with van der Waals surface area (Å²) in [5.41, 5.74) is 1.69. The van der Waals surface area contributed by atoms with Crippen LogP contribution in [0.5, 0.6) is 0 Å². The highest BCUT2D eigenvalue weighted by Crippen LogP contribution is 2.36. The predicted molar refractivity (Wildman–Crippen MR) is 119 cm³/mol. The monoisotopic (exact) mass is 452 g/mol. The van der Waals surface area contributed by atoms with Crippen LogP contribution >= 0.6 is 0 Å². The summed E-state index contributed by atoms with van der Waals surface area (Å²) in [7, 11) is 0. The smallest absolute Gasteiger partial charge is 0.315 e. The molecule has 0 spiro atoms. The first-order valence-electron chi connectivity index (χ1n) is 11.4. The third-order valence-electron chi connectivity index (χ3n) is 7.22. The summed E-state index contributed by atoms with van der Waals surface area (Å²) in [6.45, 7) is 5.71. The van der Waals surface area contributed by atoms with Crippen LogP contribution in [0.3, 0.4) is 0 Å². The molecule has 33 heavy (non-hydrogen) atoms. The molecule has 1 aromatic heterocycles. The van der Waals surface area contributed by atoms with E-state index in [1.165, 1.54) is 6.07 Å². The Labute approximate surface area is 191 Å². The number of fused-ring (bicyclic) bond motifs is 5. The molecule has 0 aliphatic carbocycles. The van der Waals surface area contributed by atoms with Gasteiger partial charge in [-0.1, -0.05) is 32.0 Å². The van der Waals surface area contributed by atoms with E-state index in [1.54, 1.807) is 15.5 Å². The standard InChI is InChI=1S/C24H28N4O5/c1-14(2)21(27-13-16-5-3-4-6-18(16)22(27)29)24(31)25-10-15-9-17(12-25)19-7-8-20(28(32)33)23(30)26(19)11-15/h3-8,14-15,17,21,28,32H,9-13H2,1-2H3. The fraction of sp³-hybridized carbons (Fsp3) is 0.458. The van der Waals surface area contributed by atoms with E-state index in [4.69, 9.17) is 0 Å². The van der Waals surface area contributed by atoms with Crippen LogP contribution in [0.15, 0.2) is 41.2 Å². The second-order valence-electron chi connectivity index (χ2n) is 9.71. The lowest BCUT2D eigenvalue weighted by Gasteiger charge is -2.45. The van der Waals surface area contributed by atoms with E-state index in [2.05, 4.69) is 0 Å². The molecule has 2 amide bonds. The molecule has 3 aliphatic heterocycles. The second kappa shape index (κ2) is 8.09. The molecular weight excluding hydrogens is 424 g/mol. The van der Waals surface area contributed by atoms with Crippen LogP contribution in [0.2, 0.25) is 0 Å². The van der Waals surface area contributed by atoms with Gasteiger partial charge in [0, 0.05) is 49.4 Å². The minimum atomic E-state index is -1.22. The van der Waals surface area contributed by atoms with Gasteiger partial charge in [0.2, 0.25) is 11.6 Å². The number of amides is 2. The van der Waals surface area contributed by atoms with Crippen molar-refractivity contribution in [3.8, 4) is 0 Å². The number of hydrogen-bond acceptors (Lipinski definition) is 5. The molecule has 9 nitrogen and oxygen atoms in total. The van der Waals surface area contributed by atoms with Crippen molar-refractivity contribution in [2.24, 2.45) is 11.8 Å². The number of likely N-dealkylation sites (tertiary alicyclic amines) is 1. The average Bonchev–Trinajstić information content (AvgIpc) is 3.10. The van der Waals surface area contributed by atoms with E-state index in [0.29, 0.717) is 31.7 Å². The van der Waals surface area contributed by atoms with Gasteiger partial charge in [0.1, 0.15) is 6.04 Å². The number of piperidine rings is 1. The fourth-order valence-corrected chi connectivity index (χ4v) is 5.76. The maximum Gasteiger partial charge on any atom is 0.315 e. The molecule has 2 aromatic rings. The van der Waals surface area contributed by atoms with Crippen LogP contribution in [-0.2, 0) is 17.9 Å². The van der Waals surface area contributed by atoms with E-state index in [0.717, 1.165) is 17.7 Å². The van der Waals surface area contributed by atoms with Gasteiger partial charge in [0.25, 0.3) is 5.91 Å². The van der Waals surface area contributed by atoms with Crippen LogP contribution in [0.4, 0.5) is 5.69 Å². The number of rotatable bonds is 4. The summed E-state index contributed by atoms with van der Waals surface area (Å²) >= 11 is 0. The van der Waals surface area contributed by atoms with Gasteiger partial charge in [-0.05, 0) is 36.0 Å². The molecule has 1 fully saturated rings. The Kier molecular flexibility index (Phi) is 5.35. The summed E-state index contributed by atoms with van der Waals surface area (Å²) in [6, 6.07) is 10.0. The minimum absolute atomic E-state index is 0.0312. The van der Waals surface area contributed by atoms with Crippen molar-refractivity contribution < 1.29 is 20.0 Å². The first-order valence-corrected chi connectivity index (χ1v) is 11.4. The lowest BCUT2D eigenvalue weighted by Crippen LogP contribution is -3.00. The average molecular weight is 453 g/mol. The van der Waals surface area contributed by atoms with Gasteiger partial charge in [-0.2, -0.15) is 5.23 Å². The quantitative estimate of drug-likeness (QED) is 0.669. The van der Waals surface area contributed by atoms with Gasteiger partial charge in [0.05, 0.1) is 0 Å². The number of aromatic nitrogens is 1. The van der Waals surface area contributed by atoms with E-state index >= 15 is 0 Å². The van der Waals surface area contributed by atoms with Crippen molar-refractivity contribution >= 4 is 17.5 Å². The van der Waals surface area contributed by atoms with Gasteiger partial charge in [-0.3, -0.25) is 14.4 Å². The number of pyridine rings is 1. The van der Waals surface area contributed by atoms with E-state index in [9.17, 15) is 24.8 Å². The number of quaternary nitrogens is 1. The summed E-state index contributed by atoms with van der Waals surface area (Å²) < 4.78 is 1.57. The maximum atomic E-state index is 13.8. The molecule has 1 saturated heterocycles. The number of benzene rings is 1. The van der Waals surface area contributed by atoms with Gasteiger partial charge in [-0.15, -0.1) is 0 Å². The zero-order valence-corrected chi connectivity index (χ0v) is 18.7. The number of carbonyl (C=O) groups is 2. The highest BCUT2D eigenvalue weighted by atomic mass is 16.8. The number of hydrogen-bond donors (Lipinski definition) is 2. The fourth-order valence-electron chi connectivity index (χ4n) is 5.76. The van der Waals surface area contributed by atoms with Crippen LogP contribution in [0, 0.1) is 17.0 Å². The highest BCUT2D eigenvalue weighted by Gasteiger charge is 2.43. The van der Waals surface area contributed by atoms with E-state index in [-0.39, 0.29) is 35.3 Å². The van der Waals surface area contributed by atoms with Crippen molar-refractivity contribution in [2.75, 3.05) is 13.1 Å². The molecule has 4 heterocycles. The molecule has 4 atom stereocenters. The number of carbonyl (C=O) groups excluding carboxylic acids is 2. The Morgan fingerprint density at radius 3 is 2.58 bits per heavy atom. The molecule has 9 heteroatoms. The first-order chi connectivity index (χ1) is 15.8. The van der Waals surface area contributed by atoms with E-state index < -0.39 is 16.8 Å². The molecule has 4 unspecified atom stereocenters. The van der Waals surface area contributed by atoms with Crippen LogP contribution in [0.1, 0.15) is 47.8 Å². The SMILES string of the molecule is CC(C)C(C(=O)N1CC2CC(C1)c1ccc([NH+]([O-])O)c(=O)n1C2)N1Cc2ccccc2C1=O. The molecular formula is C24H28N4O5. The lowest BCUT2D eigenvalue weighted by atomic mass is 9.82. The normalized spacial score (nSPS) is 23.4. The van der Waals surface area contributed by atoms with Crippen LogP contribution in [0.25, 0.3) is 0 Å². The topological polar surface area (TPSA) is 110 Å². The Balaban J connectivity index is 1.41. The molecule has 5 rings (SSSR count). The van der Waals surface area contributed by atoms with Gasteiger partial charge in [-0.25, -0.2) is 5.21 Å². The Hall–Kier alpha value is -3.01. The molecule has 0 radical (unpaired) electrons. The summed E-state index contributed by atoms with van der Waals surface area (Å²) in [5, 5.41) is 19.4. The predicted octanol–water partition coefficient (Wildman–Crippen LogP) is 0.878. The summed E-state index contributed by atoms with van der Waals surface area (Å²) in [5.74, 6) is -0.171.